The van der Waals surface area contributed by atoms with Gasteiger partial charge in [-0.15, -0.1) is 0 Å². The highest BCUT2D eigenvalue weighted by Crippen LogP contribution is 2.14. The first-order valence-electron chi connectivity index (χ1n) is 10.1. The summed E-state index contributed by atoms with van der Waals surface area (Å²) in [5, 5.41) is 2.87. The average Bonchev–Trinajstić information content (AvgIpc) is 3.16. The molecule has 0 radical (unpaired) electrons. The second-order valence-electron chi connectivity index (χ2n) is 7.06. The molecule has 9 heteroatoms. The minimum Gasteiger partial charge on any atom is -0.452 e. The third-order valence-electron chi connectivity index (χ3n) is 5.11. The average molecular weight is 397 g/mol. The lowest BCUT2D eigenvalue weighted by molar-refractivity contribution is -0.148. The molecular formula is C19H31N3O6. The first-order chi connectivity index (χ1) is 13.4. The molecule has 9 nitrogen and oxygen atoms in total. The second kappa shape index (κ2) is 11.0. The number of esters is 1. The van der Waals surface area contributed by atoms with Crippen LogP contribution in [0.1, 0.15) is 46.0 Å². The van der Waals surface area contributed by atoms with Gasteiger partial charge in [-0.05, 0) is 13.3 Å². The lowest BCUT2D eigenvalue weighted by Crippen LogP contribution is -2.48. The number of carbonyl (C=O) groups excluding carboxylic acids is 4. The molecule has 2 aliphatic rings. The first-order valence-corrected chi connectivity index (χ1v) is 10.1. The third kappa shape index (κ3) is 6.47. The number of rotatable bonds is 9. The van der Waals surface area contributed by atoms with Crippen LogP contribution in [0.25, 0.3) is 0 Å². The molecule has 0 spiro atoms. The van der Waals surface area contributed by atoms with Crippen LogP contribution < -0.4 is 5.32 Å². The van der Waals surface area contributed by atoms with E-state index in [2.05, 4.69) is 5.32 Å². The van der Waals surface area contributed by atoms with E-state index in [9.17, 15) is 19.2 Å². The summed E-state index contributed by atoms with van der Waals surface area (Å²) in [5.74, 6) is -0.813. The van der Waals surface area contributed by atoms with E-state index in [1.54, 1.807) is 9.80 Å². The maximum atomic E-state index is 12.5. The van der Waals surface area contributed by atoms with Crippen molar-refractivity contribution in [2.45, 2.75) is 58.1 Å². The Morgan fingerprint density at radius 1 is 1.21 bits per heavy atom. The van der Waals surface area contributed by atoms with E-state index in [4.69, 9.17) is 9.47 Å². The smallest absolute Gasteiger partial charge is 0.306 e. The number of ether oxygens (including phenoxy) is 2. The van der Waals surface area contributed by atoms with Gasteiger partial charge in [-0.25, -0.2) is 0 Å². The van der Waals surface area contributed by atoms with Crippen LogP contribution in [0.3, 0.4) is 0 Å². The summed E-state index contributed by atoms with van der Waals surface area (Å²) in [6.45, 7) is 6.87. The van der Waals surface area contributed by atoms with E-state index in [-0.39, 0.29) is 49.0 Å². The quantitative estimate of drug-likeness (QED) is 0.552. The molecule has 2 saturated heterocycles. The summed E-state index contributed by atoms with van der Waals surface area (Å²) in [5.41, 5.74) is 0. The molecule has 1 N–H and O–H groups in total. The van der Waals surface area contributed by atoms with Crippen LogP contribution in [0, 0.1) is 0 Å². The van der Waals surface area contributed by atoms with Crippen molar-refractivity contribution in [2.24, 2.45) is 0 Å². The highest BCUT2D eigenvalue weighted by molar-refractivity contribution is 5.87. The zero-order valence-corrected chi connectivity index (χ0v) is 16.8. The van der Waals surface area contributed by atoms with Crippen LogP contribution in [0.2, 0.25) is 0 Å². The predicted molar refractivity (Wildman–Crippen MR) is 100 cm³/mol. The molecule has 2 aliphatic heterocycles. The predicted octanol–water partition coefficient (Wildman–Crippen LogP) is 0.0743. The van der Waals surface area contributed by atoms with Gasteiger partial charge >= 0.3 is 5.97 Å². The van der Waals surface area contributed by atoms with Crippen molar-refractivity contribution in [1.82, 2.24) is 15.1 Å². The molecule has 28 heavy (non-hydrogen) atoms. The molecule has 2 rings (SSSR count). The van der Waals surface area contributed by atoms with Crippen LogP contribution >= 0.6 is 0 Å². The minimum absolute atomic E-state index is 0.0314. The van der Waals surface area contributed by atoms with Crippen molar-refractivity contribution in [2.75, 3.05) is 39.4 Å². The van der Waals surface area contributed by atoms with Gasteiger partial charge < -0.3 is 24.6 Å². The van der Waals surface area contributed by atoms with Crippen molar-refractivity contribution in [3.05, 3.63) is 0 Å². The van der Waals surface area contributed by atoms with E-state index in [0.717, 1.165) is 0 Å². The maximum absolute atomic E-state index is 12.5. The summed E-state index contributed by atoms with van der Waals surface area (Å²) in [6, 6.07) is -0.231. The Balaban J connectivity index is 1.79. The Hall–Kier alpha value is -2.16. The van der Waals surface area contributed by atoms with Crippen LogP contribution in [0.15, 0.2) is 0 Å². The van der Waals surface area contributed by atoms with Crippen molar-refractivity contribution >= 4 is 23.7 Å². The first kappa shape index (κ1) is 22.1. The second-order valence-corrected chi connectivity index (χ2v) is 7.06. The van der Waals surface area contributed by atoms with Gasteiger partial charge in [0.15, 0.2) is 6.10 Å². The molecule has 0 aromatic carbocycles. The summed E-state index contributed by atoms with van der Waals surface area (Å²) < 4.78 is 10.2. The highest BCUT2D eigenvalue weighted by Gasteiger charge is 2.31. The molecule has 0 bridgehead atoms. The van der Waals surface area contributed by atoms with E-state index < -0.39 is 6.10 Å². The number of hydrogen-bond donors (Lipinski definition) is 1. The summed E-state index contributed by atoms with van der Waals surface area (Å²) in [7, 11) is 0. The van der Waals surface area contributed by atoms with Gasteiger partial charge in [0.1, 0.15) is 0 Å². The Bertz CT molecular complexity index is 576. The lowest BCUT2D eigenvalue weighted by atomic mass is 10.1. The lowest BCUT2D eigenvalue weighted by Gasteiger charge is -2.29. The Morgan fingerprint density at radius 2 is 1.93 bits per heavy atom. The molecular weight excluding hydrogens is 366 g/mol. The summed E-state index contributed by atoms with van der Waals surface area (Å²) >= 11 is 0. The van der Waals surface area contributed by atoms with Crippen LogP contribution in [0.4, 0.5) is 0 Å². The largest absolute Gasteiger partial charge is 0.452 e. The normalized spacial score (nSPS) is 20.4. The van der Waals surface area contributed by atoms with E-state index in [1.807, 2.05) is 13.8 Å². The van der Waals surface area contributed by atoms with Crippen molar-refractivity contribution in [3.63, 3.8) is 0 Å². The van der Waals surface area contributed by atoms with E-state index in [1.165, 1.54) is 0 Å². The number of amides is 3. The number of cyclic esters (lactones) is 1. The molecule has 0 aliphatic carbocycles. The Labute approximate surface area is 165 Å². The Morgan fingerprint density at radius 3 is 2.50 bits per heavy atom. The highest BCUT2D eigenvalue weighted by atomic mass is 16.6. The van der Waals surface area contributed by atoms with E-state index >= 15 is 0 Å². The number of morpholine rings is 1. The zero-order chi connectivity index (χ0) is 20.5. The maximum Gasteiger partial charge on any atom is 0.306 e. The summed E-state index contributed by atoms with van der Waals surface area (Å²) in [4.78, 5) is 51.6. The zero-order valence-electron chi connectivity index (χ0n) is 16.8. The van der Waals surface area contributed by atoms with E-state index in [0.29, 0.717) is 52.2 Å². The number of carbonyl (C=O) groups is 4. The molecule has 0 aromatic rings. The Kier molecular flexibility index (Phi) is 8.69. The number of hydrogen-bond acceptors (Lipinski definition) is 6. The van der Waals surface area contributed by atoms with Crippen LogP contribution in [0.5, 0.6) is 0 Å². The monoisotopic (exact) mass is 397 g/mol. The molecule has 0 aromatic heterocycles. The van der Waals surface area contributed by atoms with Gasteiger partial charge in [0.25, 0.3) is 5.91 Å². The molecule has 2 atom stereocenters. The number of nitrogens with zero attached hydrogens (tertiary/aromatic N) is 2. The fraction of sp³-hybridized carbons (Fsp3) is 0.789. The van der Waals surface area contributed by atoms with Gasteiger partial charge in [0.2, 0.25) is 11.8 Å². The van der Waals surface area contributed by atoms with Gasteiger partial charge in [-0.2, -0.15) is 0 Å². The molecule has 2 fully saturated rings. The molecule has 0 saturated carbocycles. The molecule has 158 valence electrons. The van der Waals surface area contributed by atoms with Gasteiger partial charge in [0, 0.05) is 57.9 Å². The molecule has 2 heterocycles. The van der Waals surface area contributed by atoms with Crippen molar-refractivity contribution in [3.8, 4) is 0 Å². The topological polar surface area (TPSA) is 105 Å². The van der Waals surface area contributed by atoms with Gasteiger partial charge in [0.05, 0.1) is 13.2 Å². The van der Waals surface area contributed by atoms with Crippen molar-refractivity contribution in [1.29, 1.82) is 0 Å². The SMILES string of the molecule is CC[C@@H](CN(CC)C(=O)CCC(=O)N1CCOCC1)NC(=O)C1CCC(=O)O1. The molecule has 1 unspecified atom stereocenters. The van der Waals surface area contributed by atoms with Crippen LogP contribution in [-0.4, -0.2) is 85.0 Å². The number of nitrogens with one attached hydrogen (secondary N) is 1. The van der Waals surface area contributed by atoms with Crippen molar-refractivity contribution < 1.29 is 28.7 Å². The number of likely N-dealkylation sites (N-methyl/N-ethyl adjacent to an activating group) is 1. The standard InChI is InChI=1S/C19H31N3O6/c1-3-14(20-19(26)15-5-8-18(25)28-15)13-21(4-2)16(23)6-7-17(24)22-9-11-27-12-10-22/h14-15H,3-13H2,1-2H3,(H,20,26)/t14-,15?/m0/s1. The minimum atomic E-state index is -0.738. The third-order valence-corrected chi connectivity index (χ3v) is 5.11. The fourth-order valence-electron chi connectivity index (χ4n) is 3.30. The summed E-state index contributed by atoms with van der Waals surface area (Å²) in [6.07, 6.45) is 0.874. The van der Waals surface area contributed by atoms with Crippen LogP contribution in [-0.2, 0) is 28.7 Å². The molecule has 3 amide bonds. The fourth-order valence-corrected chi connectivity index (χ4v) is 3.30. The van der Waals surface area contributed by atoms with Gasteiger partial charge in [-0.3, -0.25) is 19.2 Å². The van der Waals surface area contributed by atoms with Gasteiger partial charge in [-0.1, -0.05) is 6.92 Å².